The minimum absolute atomic E-state index is 0.223. The highest BCUT2D eigenvalue weighted by Gasteiger charge is 2.00. The SMILES string of the molecule is Fc1cc(CNCCc2ccccn2)ccc1Br. The van der Waals surface area contributed by atoms with Crippen molar-refractivity contribution in [3.8, 4) is 0 Å². The van der Waals surface area contributed by atoms with E-state index in [2.05, 4.69) is 26.2 Å². The smallest absolute Gasteiger partial charge is 0.137 e. The maximum absolute atomic E-state index is 13.3. The molecule has 0 aliphatic heterocycles. The van der Waals surface area contributed by atoms with Gasteiger partial charge in [-0.2, -0.15) is 0 Å². The van der Waals surface area contributed by atoms with Crippen LogP contribution in [0.1, 0.15) is 11.3 Å². The molecular formula is C14H14BrFN2. The van der Waals surface area contributed by atoms with Crippen LogP contribution in [0.15, 0.2) is 47.1 Å². The average molecular weight is 309 g/mol. The molecule has 0 amide bonds. The largest absolute Gasteiger partial charge is 0.312 e. The standard InChI is InChI=1S/C14H14BrFN2/c15-13-5-4-11(9-14(13)16)10-17-8-6-12-3-1-2-7-18-12/h1-5,7,9,17H,6,8,10H2. The van der Waals surface area contributed by atoms with Crippen LogP contribution in [0.25, 0.3) is 0 Å². The van der Waals surface area contributed by atoms with Gasteiger partial charge in [-0.3, -0.25) is 4.98 Å². The van der Waals surface area contributed by atoms with Crippen molar-refractivity contribution >= 4 is 15.9 Å². The van der Waals surface area contributed by atoms with Gasteiger partial charge in [-0.1, -0.05) is 12.1 Å². The van der Waals surface area contributed by atoms with Crippen molar-refractivity contribution in [2.24, 2.45) is 0 Å². The summed E-state index contributed by atoms with van der Waals surface area (Å²) in [5.41, 5.74) is 2.00. The van der Waals surface area contributed by atoms with E-state index in [1.54, 1.807) is 12.3 Å². The molecule has 1 aromatic carbocycles. The first-order valence-electron chi connectivity index (χ1n) is 5.80. The number of aromatic nitrogens is 1. The average Bonchev–Trinajstić information content (AvgIpc) is 2.40. The second-order valence-electron chi connectivity index (χ2n) is 4.00. The van der Waals surface area contributed by atoms with E-state index >= 15 is 0 Å². The third-order valence-electron chi connectivity index (χ3n) is 2.60. The number of benzene rings is 1. The number of nitrogens with zero attached hydrogens (tertiary/aromatic N) is 1. The summed E-state index contributed by atoms with van der Waals surface area (Å²) in [4.78, 5) is 4.24. The first kappa shape index (κ1) is 13.2. The predicted octanol–water partition coefficient (Wildman–Crippen LogP) is 3.32. The summed E-state index contributed by atoms with van der Waals surface area (Å²) in [5, 5.41) is 3.27. The van der Waals surface area contributed by atoms with Crippen molar-refractivity contribution in [2.75, 3.05) is 6.54 Å². The highest BCUT2D eigenvalue weighted by molar-refractivity contribution is 9.10. The Balaban J connectivity index is 1.77. The maximum Gasteiger partial charge on any atom is 0.137 e. The molecule has 2 rings (SSSR count). The molecule has 0 saturated carbocycles. The van der Waals surface area contributed by atoms with Crippen molar-refractivity contribution in [2.45, 2.75) is 13.0 Å². The van der Waals surface area contributed by atoms with Gasteiger partial charge >= 0.3 is 0 Å². The van der Waals surface area contributed by atoms with Crippen LogP contribution in [0, 0.1) is 5.82 Å². The fraction of sp³-hybridized carbons (Fsp3) is 0.214. The lowest BCUT2D eigenvalue weighted by Crippen LogP contribution is -2.17. The Bertz CT molecular complexity index is 502. The number of halogens is 2. The van der Waals surface area contributed by atoms with E-state index in [-0.39, 0.29) is 5.82 Å². The van der Waals surface area contributed by atoms with Gasteiger partial charge < -0.3 is 5.32 Å². The Hall–Kier alpha value is -1.26. The fourth-order valence-electron chi connectivity index (χ4n) is 1.64. The van der Waals surface area contributed by atoms with E-state index in [0.717, 1.165) is 24.2 Å². The zero-order chi connectivity index (χ0) is 12.8. The minimum Gasteiger partial charge on any atom is -0.312 e. The summed E-state index contributed by atoms with van der Waals surface area (Å²) in [6.45, 7) is 1.49. The van der Waals surface area contributed by atoms with Crippen molar-refractivity contribution in [3.63, 3.8) is 0 Å². The molecule has 2 nitrogen and oxygen atoms in total. The quantitative estimate of drug-likeness (QED) is 0.857. The maximum atomic E-state index is 13.3. The molecule has 0 spiro atoms. The van der Waals surface area contributed by atoms with Crippen molar-refractivity contribution in [1.29, 1.82) is 0 Å². The summed E-state index contributed by atoms with van der Waals surface area (Å²) < 4.78 is 13.8. The second-order valence-corrected chi connectivity index (χ2v) is 4.85. The molecule has 0 aliphatic carbocycles. The number of rotatable bonds is 5. The molecule has 1 aromatic heterocycles. The van der Waals surface area contributed by atoms with E-state index in [4.69, 9.17) is 0 Å². The van der Waals surface area contributed by atoms with Crippen molar-refractivity contribution in [3.05, 3.63) is 64.1 Å². The zero-order valence-electron chi connectivity index (χ0n) is 9.87. The van der Waals surface area contributed by atoms with Crippen LogP contribution in [0.3, 0.4) is 0 Å². The molecule has 0 saturated heterocycles. The lowest BCUT2D eigenvalue weighted by molar-refractivity contribution is 0.613. The lowest BCUT2D eigenvalue weighted by Gasteiger charge is -2.05. The Kier molecular flexibility index (Phi) is 4.84. The van der Waals surface area contributed by atoms with E-state index in [0.29, 0.717) is 11.0 Å². The topological polar surface area (TPSA) is 24.9 Å². The predicted molar refractivity (Wildman–Crippen MR) is 73.7 cm³/mol. The number of hydrogen-bond donors (Lipinski definition) is 1. The van der Waals surface area contributed by atoms with Crippen LogP contribution in [-0.2, 0) is 13.0 Å². The summed E-state index contributed by atoms with van der Waals surface area (Å²) in [6, 6.07) is 11.1. The second kappa shape index (κ2) is 6.61. The number of hydrogen-bond acceptors (Lipinski definition) is 2. The number of pyridine rings is 1. The molecule has 0 fully saturated rings. The monoisotopic (exact) mass is 308 g/mol. The Morgan fingerprint density at radius 3 is 2.83 bits per heavy atom. The molecular weight excluding hydrogens is 295 g/mol. The van der Waals surface area contributed by atoms with Crippen LogP contribution >= 0.6 is 15.9 Å². The Morgan fingerprint density at radius 1 is 1.22 bits per heavy atom. The molecule has 94 valence electrons. The van der Waals surface area contributed by atoms with Gasteiger partial charge in [-0.05, 0) is 45.8 Å². The van der Waals surface area contributed by atoms with Gasteiger partial charge in [-0.25, -0.2) is 4.39 Å². The summed E-state index contributed by atoms with van der Waals surface area (Å²) in [7, 11) is 0. The molecule has 0 bridgehead atoms. The van der Waals surface area contributed by atoms with Crippen LogP contribution in [0.2, 0.25) is 0 Å². The van der Waals surface area contributed by atoms with Gasteiger partial charge in [0, 0.05) is 31.4 Å². The minimum atomic E-state index is -0.223. The molecule has 18 heavy (non-hydrogen) atoms. The van der Waals surface area contributed by atoms with Gasteiger partial charge in [0.1, 0.15) is 5.82 Å². The summed E-state index contributed by atoms with van der Waals surface area (Å²) >= 11 is 3.14. The molecule has 1 N–H and O–H groups in total. The van der Waals surface area contributed by atoms with Gasteiger partial charge in [0.25, 0.3) is 0 Å². The van der Waals surface area contributed by atoms with Gasteiger partial charge in [0.2, 0.25) is 0 Å². The van der Waals surface area contributed by atoms with E-state index in [1.807, 2.05) is 24.3 Å². The van der Waals surface area contributed by atoms with Crippen molar-refractivity contribution < 1.29 is 4.39 Å². The first-order chi connectivity index (χ1) is 8.75. The van der Waals surface area contributed by atoms with Gasteiger partial charge in [0.05, 0.1) is 4.47 Å². The first-order valence-corrected chi connectivity index (χ1v) is 6.59. The number of nitrogens with one attached hydrogen (secondary N) is 1. The summed E-state index contributed by atoms with van der Waals surface area (Å²) in [6.07, 6.45) is 2.67. The molecule has 2 aromatic rings. The molecule has 0 aliphatic rings. The fourth-order valence-corrected chi connectivity index (χ4v) is 1.89. The normalized spacial score (nSPS) is 10.6. The van der Waals surface area contributed by atoms with Gasteiger partial charge in [-0.15, -0.1) is 0 Å². The molecule has 1 heterocycles. The molecule has 0 atom stereocenters. The van der Waals surface area contributed by atoms with Crippen LogP contribution in [0.4, 0.5) is 4.39 Å². The van der Waals surface area contributed by atoms with E-state index in [1.165, 1.54) is 6.07 Å². The highest BCUT2D eigenvalue weighted by atomic mass is 79.9. The summed E-state index contributed by atoms with van der Waals surface area (Å²) in [5.74, 6) is -0.223. The van der Waals surface area contributed by atoms with Crippen LogP contribution in [-0.4, -0.2) is 11.5 Å². The van der Waals surface area contributed by atoms with Crippen LogP contribution < -0.4 is 5.32 Å². The molecule has 4 heteroatoms. The molecule has 0 unspecified atom stereocenters. The molecule has 0 radical (unpaired) electrons. The van der Waals surface area contributed by atoms with Gasteiger partial charge in [0.15, 0.2) is 0 Å². The third kappa shape index (κ3) is 3.89. The van der Waals surface area contributed by atoms with Crippen molar-refractivity contribution in [1.82, 2.24) is 10.3 Å². The Labute approximate surface area is 114 Å². The Morgan fingerprint density at radius 2 is 2.11 bits per heavy atom. The third-order valence-corrected chi connectivity index (χ3v) is 3.24. The van der Waals surface area contributed by atoms with Crippen LogP contribution in [0.5, 0.6) is 0 Å². The zero-order valence-corrected chi connectivity index (χ0v) is 11.5. The van der Waals surface area contributed by atoms with E-state index in [9.17, 15) is 4.39 Å². The van der Waals surface area contributed by atoms with E-state index < -0.39 is 0 Å². The highest BCUT2D eigenvalue weighted by Crippen LogP contribution is 2.16. The lowest BCUT2D eigenvalue weighted by atomic mass is 10.2.